The van der Waals surface area contributed by atoms with E-state index in [0.717, 1.165) is 34.3 Å². The number of nitrogens with zero attached hydrogens (tertiary/aromatic N) is 4. The second-order valence-corrected chi connectivity index (χ2v) is 8.69. The number of aryl methyl sites for hydroxylation is 1. The van der Waals surface area contributed by atoms with Gasteiger partial charge in [0.15, 0.2) is 5.65 Å². The quantitative estimate of drug-likeness (QED) is 0.714. The van der Waals surface area contributed by atoms with Gasteiger partial charge < -0.3 is 5.32 Å². The highest BCUT2D eigenvalue weighted by atomic mass is 32.2. The SMILES string of the molecule is Cn1cc2cc(-c3ccc4c(n3)SC(C3CC(C(C)(F)F)C3)N4)cnc2n1. The Morgan fingerprint density at radius 1 is 1.30 bits per heavy atom. The lowest BCUT2D eigenvalue weighted by molar-refractivity contribution is -0.0890. The number of hydrogen-bond acceptors (Lipinski definition) is 5. The zero-order valence-electron chi connectivity index (χ0n) is 15.0. The summed E-state index contributed by atoms with van der Waals surface area (Å²) in [7, 11) is 1.87. The van der Waals surface area contributed by atoms with Crippen molar-refractivity contribution >= 4 is 28.5 Å². The molecule has 0 amide bonds. The summed E-state index contributed by atoms with van der Waals surface area (Å²) in [4.78, 5) is 9.18. The first kappa shape index (κ1) is 16.9. The van der Waals surface area contributed by atoms with Crippen LogP contribution in [0.4, 0.5) is 14.5 Å². The van der Waals surface area contributed by atoms with Gasteiger partial charge in [-0.05, 0) is 43.9 Å². The summed E-state index contributed by atoms with van der Waals surface area (Å²) in [5.41, 5.74) is 3.49. The van der Waals surface area contributed by atoms with Crippen molar-refractivity contribution in [1.29, 1.82) is 0 Å². The molecule has 1 unspecified atom stereocenters. The van der Waals surface area contributed by atoms with E-state index in [9.17, 15) is 8.78 Å². The van der Waals surface area contributed by atoms with Crippen molar-refractivity contribution in [2.24, 2.45) is 18.9 Å². The van der Waals surface area contributed by atoms with Gasteiger partial charge in [-0.1, -0.05) is 11.8 Å². The van der Waals surface area contributed by atoms with Gasteiger partial charge in [-0.25, -0.2) is 18.7 Å². The molecular formula is C19H19F2N5S. The van der Waals surface area contributed by atoms with Crippen LogP contribution < -0.4 is 5.32 Å². The Labute approximate surface area is 159 Å². The first-order valence-corrected chi connectivity index (χ1v) is 9.86. The highest BCUT2D eigenvalue weighted by molar-refractivity contribution is 8.00. The van der Waals surface area contributed by atoms with Crippen molar-refractivity contribution in [2.45, 2.75) is 36.1 Å². The van der Waals surface area contributed by atoms with Crippen LogP contribution in [-0.2, 0) is 7.05 Å². The monoisotopic (exact) mass is 387 g/mol. The fourth-order valence-corrected chi connectivity index (χ4v) is 5.06. The lowest BCUT2D eigenvalue weighted by Crippen LogP contribution is -2.42. The number of aromatic nitrogens is 4. The van der Waals surface area contributed by atoms with Gasteiger partial charge in [-0.15, -0.1) is 0 Å². The van der Waals surface area contributed by atoms with Gasteiger partial charge in [0.2, 0.25) is 5.92 Å². The normalized spacial score (nSPS) is 24.5. The Morgan fingerprint density at radius 3 is 2.89 bits per heavy atom. The summed E-state index contributed by atoms with van der Waals surface area (Å²) < 4.78 is 28.5. The number of hydrogen-bond donors (Lipinski definition) is 1. The minimum atomic E-state index is -2.57. The number of anilines is 1. The predicted molar refractivity (Wildman–Crippen MR) is 102 cm³/mol. The van der Waals surface area contributed by atoms with Crippen LogP contribution >= 0.6 is 11.8 Å². The molecule has 1 atom stereocenters. The number of fused-ring (bicyclic) bond motifs is 2. The Morgan fingerprint density at radius 2 is 2.11 bits per heavy atom. The number of alkyl halides is 2. The average Bonchev–Trinajstić information content (AvgIpc) is 3.12. The van der Waals surface area contributed by atoms with Gasteiger partial charge in [0, 0.05) is 36.3 Å². The Balaban J connectivity index is 1.35. The predicted octanol–water partition coefficient (Wildman–Crippen LogP) is 4.56. The first-order valence-electron chi connectivity index (χ1n) is 8.98. The van der Waals surface area contributed by atoms with Gasteiger partial charge in [-0.3, -0.25) is 4.68 Å². The van der Waals surface area contributed by atoms with Crippen LogP contribution in [0.25, 0.3) is 22.3 Å². The standard InChI is InChI=1S/C19H19F2N5S/c1-19(20,21)13-6-10(7-13)17-24-15-4-3-14(23-18(15)27-17)11-5-12-9-26(2)25-16(12)22-8-11/h3-5,8-10,13,17,24H,6-7H2,1-2H3. The van der Waals surface area contributed by atoms with Crippen molar-refractivity contribution in [2.75, 3.05) is 5.32 Å². The minimum absolute atomic E-state index is 0.125. The lowest BCUT2D eigenvalue weighted by Gasteiger charge is -2.41. The highest BCUT2D eigenvalue weighted by Gasteiger charge is 2.47. The van der Waals surface area contributed by atoms with E-state index < -0.39 is 11.8 Å². The molecule has 5 rings (SSSR count). The van der Waals surface area contributed by atoms with Crippen LogP contribution in [0.5, 0.6) is 0 Å². The van der Waals surface area contributed by atoms with Gasteiger partial charge in [0.1, 0.15) is 5.03 Å². The maximum absolute atomic E-state index is 13.4. The molecule has 0 aromatic carbocycles. The molecule has 0 radical (unpaired) electrons. The molecule has 0 spiro atoms. The summed E-state index contributed by atoms with van der Waals surface area (Å²) in [6.45, 7) is 1.03. The zero-order valence-corrected chi connectivity index (χ0v) is 15.8. The molecule has 1 saturated carbocycles. The summed E-state index contributed by atoms with van der Waals surface area (Å²) >= 11 is 1.65. The summed E-state index contributed by atoms with van der Waals surface area (Å²) in [5.74, 6) is -2.80. The number of halogens is 2. The Hall–Kier alpha value is -2.22. The van der Waals surface area contributed by atoms with Gasteiger partial charge in [0.25, 0.3) is 0 Å². The van der Waals surface area contributed by atoms with Crippen molar-refractivity contribution in [3.05, 3.63) is 30.6 Å². The summed E-state index contributed by atoms with van der Waals surface area (Å²) in [6, 6.07) is 6.02. The fraction of sp³-hybridized carbons (Fsp3) is 0.421. The molecule has 1 fully saturated rings. The van der Waals surface area contributed by atoms with Crippen molar-refractivity contribution in [3.8, 4) is 11.3 Å². The molecule has 8 heteroatoms. The molecule has 3 aromatic rings. The van der Waals surface area contributed by atoms with Crippen molar-refractivity contribution in [3.63, 3.8) is 0 Å². The number of pyridine rings is 2. The van der Waals surface area contributed by atoms with E-state index in [4.69, 9.17) is 4.98 Å². The second kappa shape index (κ2) is 5.89. The number of thioether (sulfide) groups is 1. The number of nitrogens with one attached hydrogen (secondary N) is 1. The van der Waals surface area contributed by atoms with Crippen LogP contribution in [0.15, 0.2) is 35.6 Å². The third-order valence-electron chi connectivity index (χ3n) is 5.49. The molecule has 2 aliphatic rings. The Bertz CT molecular complexity index is 1020. The fourth-order valence-electron chi connectivity index (χ4n) is 3.81. The van der Waals surface area contributed by atoms with E-state index in [1.54, 1.807) is 22.6 Å². The second-order valence-electron chi connectivity index (χ2n) is 7.56. The molecule has 1 N–H and O–H groups in total. The van der Waals surface area contributed by atoms with E-state index >= 15 is 0 Å². The molecular weight excluding hydrogens is 368 g/mol. The van der Waals surface area contributed by atoms with Crippen LogP contribution in [0.1, 0.15) is 19.8 Å². The third-order valence-corrected chi connectivity index (χ3v) is 6.78. The zero-order chi connectivity index (χ0) is 18.8. The van der Waals surface area contributed by atoms with E-state index in [1.165, 1.54) is 0 Å². The number of rotatable bonds is 3. The summed E-state index contributed by atoms with van der Waals surface area (Å²) in [6.07, 6.45) is 4.85. The lowest BCUT2D eigenvalue weighted by atomic mass is 9.71. The van der Waals surface area contributed by atoms with E-state index in [-0.39, 0.29) is 11.3 Å². The molecule has 1 aliphatic heterocycles. The largest absolute Gasteiger partial charge is 0.370 e. The molecule has 0 bridgehead atoms. The highest BCUT2D eigenvalue weighted by Crippen LogP contribution is 2.51. The molecule has 140 valence electrons. The van der Waals surface area contributed by atoms with E-state index in [0.29, 0.717) is 18.5 Å². The third kappa shape index (κ3) is 2.96. The van der Waals surface area contributed by atoms with E-state index in [1.807, 2.05) is 31.4 Å². The Kier molecular flexibility index (Phi) is 3.69. The maximum atomic E-state index is 13.4. The van der Waals surface area contributed by atoms with Crippen LogP contribution in [-0.4, -0.2) is 31.0 Å². The van der Waals surface area contributed by atoms with Crippen molar-refractivity contribution in [1.82, 2.24) is 19.7 Å². The maximum Gasteiger partial charge on any atom is 0.248 e. The van der Waals surface area contributed by atoms with Crippen LogP contribution in [0.2, 0.25) is 0 Å². The van der Waals surface area contributed by atoms with Gasteiger partial charge in [0.05, 0.1) is 16.8 Å². The van der Waals surface area contributed by atoms with Gasteiger partial charge in [-0.2, -0.15) is 5.10 Å². The van der Waals surface area contributed by atoms with E-state index in [2.05, 4.69) is 15.4 Å². The average molecular weight is 387 g/mol. The van der Waals surface area contributed by atoms with Crippen LogP contribution in [0.3, 0.4) is 0 Å². The topological polar surface area (TPSA) is 55.6 Å². The first-order chi connectivity index (χ1) is 12.9. The van der Waals surface area contributed by atoms with Crippen LogP contribution in [0, 0.1) is 11.8 Å². The molecule has 27 heavy (non-hydrogen) atoms. The smallest absolute Gasteiger partial charge is 0.248 e. The molecule has 0 saturated heterocycles. The van der Waals surface area contributed by atoms with Crippen molar-refractivity contribution < 1.29 is 8.78 Å². The molecule has 1 aliphatic carbocycles. The minimum Gasteiger partial charge on any atom is -0.370 e. The molecule has 4 heterocycles. The molecule has 5 nitrogen and oxygen atoms in total. The molecule has 3 aromatic heterocycles. The summed E-state index contributed by atoms with van der Waals surface area (Å²) in [5, 5.41) is 9.76. The van der Waals surface area contributed by atoms with Gasteiger partial charge >= 0.3 is 0 Å².